The number of rotatable bonds is 5. The number of hydrogen-bond donors (Lipinski definition) is 0. The van der Waals surface area contributed by atoms with Crippen LogP contribution in [0.4, 0.5) is 0 Å². The lowest BCUT2D eigenvalue weighted by Gasteiger charge is -2.05. The van der Waals surface area contributed by atoms with Gasteiger partial charge in [0.25, 0.3) is 0 Å². The number of halogens is 1. The number of aryl methyl sites for hydroxylation is 1. The summed E-state index contributed by atoms with van der Waals surface area (Å²) in [6.07, 6.45) is 3.97. The van der Waals surface area contributed by atoms with Crippen LogP contribution in [-0.2, 0) is 11.2 Å². The molecule has 1 atom stereocenters. The fourth-order valence-corrected chi connectivity index (χ4v) is 2.05. The molecule has 68 valence electrons. The normalized spacial score (nSPS) is 13.2. The molecule has 12 heavy (non-hydrogen) atoms. The SMILES string of the molecule is COCC(Br)CCc1nccs1. The molecule has 1 unspecified atom stereocenters. The number of nitrogens with zero attached hydrogens (tertiary/aromatic N) is 1. The van der Waals surface area contributed by atoms with Crippen LogP contribution in [0.2, 0.25) is 0 Å². The lowest BCUT2D eigenvalue weighted by atomic mass is 10.2. The summed E-state index contributed by atoms with van der Waals surface area (Å²) in [4.78, 5) is 4.66. The summed E-state index contributed by atoms with van der Waals surface area (Å²) >= 11 is 5.25. The van der Waals surface area contributed by atoms with Crippen LogP contribution in [0, 0.1) is 0 Å². The Kier molecular flexibility index (Phi) is 4.80. The maximum absolute atomic E-state index is 5.01. The van der Waals surface area contributed by atoms with E-state index < -0.39 is 0 Å². The van der Waals surface area contributed by atoms with Gasteiger partial charge in [0.2, 0.25) is 0 Å². The van der Waals surface area contributed by atoms with E-state index in [9.17, 15) is 0 Å². The molecule has 0 amide bonds. The van der Waals surface area contributed by atoms with Crippen LogP contribution in [0.25, 0.3) is 0 Å². The lowest BCUT2D eigenvalue weighted by Crippen LogP contribution is -2.07. The van der Waals surface area contributed by atoms with Crippen LogP contribution < -0.4 is 0 Å². The van der Waals surface area contributed by atoms with Crippen molar-refractivity contribution < 1.29 is 4.74 Å². The van der Waals surface area contributed by atoms with E-state index in [4.69, 9.17) is 4.74 Å². The van der Waals surface area contributed by atoms with E-state index in [2.05, 4.69) is 20.9 Å². The third-order valence-electron chi connectivity index (χ3n) is 1.50. The van der Waals surface area contributed by atoms with E-state index in [1.807, 2.05) is 11.6 Å². The van der Waals surface area contributed by atoms with Gasteiger partial charge in [-0.25, -0.2) is 4.98 Å². The smallest absolute Gasteiger partial charge is 0.0925 e. The Hall–Kier alpha value is 0.0700. The molecule has 1 rings (SSSR count). The fourth-order valence-electron chi connectivity index (χ4n) is 0.921. The number of ether oxygens (including phenoxy) is 1. The van der Waals surface area contributed by atoms with Gasteiger partial charge in [-0.2, -0.15) is 0 Å². The molecule has 0 saturated heterocycles. The topological polar surface area (TPSA) is 22.1 Å². The minimum absolute atomic E-state index is 0.450. The Morgan fingerprint density at radius 1 is 1.75 bits per heavy atom. The second-order valence-corrected chi connectivity index (χ2v) is 4.79. The largest absolute Gasteiger partial charge is 0.384 e. The predicted octanol–water partition coefficient (Wildman–Crippen LogP) is 2.49. The average molecular weight is 250 g/mol. The van der Waals surface area contributed by atoms with E-state index in [1.165, 1.54) is 5.01 Å². The highest BCUT2D eigenvalue weighted by Gasteiger charge is 2.04. The van der Waals surface area contributed by atoms with E-state index in [1.54, 1.807) is 18.4 Å². The summed E-state index contributed by atoms with van der Waals surface area (Å²) in [5.41, 5.74) is 0. The Morgan fingerprint density at radius 2 is 2.58 bits per heavy atom. The zero-order valence-electron chi connectivity index (χ0n) is 7.00. The summed E-state index contributed by atoms with van der Waals surface area (Å²) in [6, 6.07) is 0. The standard InChI is InChI=1S/C8H12BrNOS/c1-11-6-7(9)2-3-8-10-4-5-12-8/h4-5,7H,2-3,6H2,1H3. The van der Waals surface area contributed by atoms with Crippen molar-refractivity contribution in [2.24, 2.45) is 0 Å². The van der Waals surface area contributed by atoms with E-state index in [0.717, 1.165) is 19.4 Å². The zero-order valence-corrected chi connectivity index (χ0v) is 9.40. The van der Waals surface area contributed by atoms with Gasteiger partial charge in [-0.3, -0.25) is 0 Å². The molecule has 0 fully saturated rings. The fraction of sp³-hybridized carbons (Fsp3) is 0.625. The van der Waals surface area contributed by atoms with Gasteiger partial charge in [-0.1, -0.05) is 15.9 Å². The van der Waals surface area contributed by atoms with E-state index in [0.29, 0.717) is 4.83 Å². The molecule has 0 aromatic carbocycles. The second kappa shape index (κ2) is 5.67. The van der Waals surface area contributed by atoms with Crippen molar-refractivity contribution in [1.82, 2.24) is 4.98 Å². The quantitative estimate of drug-likeness (QED) is 0.749. The van der Waals surface area contributed by atoms with Crippen molar-refractivity contribution in [1.29, 1.82) is 0 Å². The highest BCUT2D eigenvalue weighted by Crippen LogP contribution is 2.12. The maximum Gasteiger partial charge on any atom is 0.0925 e. The Labute approximate surface area is 85.1 Å². The van der Waals surface area contributed by atoms with Gasteiger partial charge in [0.05, 0.1) is 11.6 Å². The predicted molar refractivity (Wildman–Crippen MR) is 55.0 cm³/mol. The molecule has 2 nitrogen and oxygen atoms in total. The monoisotopic (exact) mass is 249 g/mol. The van der Waals surface area contributed by atoms with Gasteiger partial charge in [0.15, 0.2) is 0 Å². The Morgan fingerprint density at radius 3 is 3.17 bits per heavy atom. The van der Waals surface area contributed by atoms with Crippen molar-refractivity contribution in [2.75, 3.05) is 13.7 Å². The summed E-state index contributed by atoms with van der Waals surface area (Å²) < 4.78 is 5.01. The summed E-state index contributed by atoms with van der Waals surface area (Å²) in [7, 11) is 1.72. The molecule has 0 aliphatic heterocycles. The van der Waals surface area contributed by atoms with Crippen molar-refractivity contribution in [3.8, 4) is 0 Å². The third kappa shape index (κ3) is 3.65. The minimum atomic E-state index is 0.450. The van der Waals surface area contributed by atoms with Crippen LogP contribution in [0.3, 0.4) is 0 Å². The number of thiazole rings is 1. The van der Waals surface area contributed by atoms with Gasteiger partial charge in [0.1, 0.15) is 0 Å². The Bertz CT molecular complexity index is 203. The number of hydrogen-bond acceptors (Lipinski definition) is 3. The molecule has 1 aromatic heterocycles. The lowest BCUT2D eigenvalue weighted by molar-refractivity contribution is 0.198. The summed E-state index contributed by atoms with van der Waals surface area (Å²) in [5, 5.41) is 3.21. The third-order valence-corrected chi connectivity index (χ3v) is 3.06. The molecule has 0 saturated carbocycles. The molecular formula is C8H12BrNOS. The van der Waals surface area contributed by atoms with Crippen molar-refractivity contribution in [2.45, 2.75) is 17.7 Å². The Balaban J connectivity index is 2.17. The number of methoxy groups -OCH3 is 1. The van der Waals surface area contributed by atoms with Crippen LogP contribution >= 0.6 is 27.3 Å². The van der Waals surface area contributed by atoms with E-state index >= 15 is 0 Å². The molecule has 0 radical (unpaired) electrons. The molecule has 0 aliphatic carbocycles. The number of alkyl halides is 1. The highest BCUT2D eigenvalue weighted by molar-refractivity contribution is 9.09. The molecule has 1 aromatic rings. The molecule has 1 heterocycles. The van der Waals surface area contributed by atoms with Crippen molar-refractivity contribution in [3.63, 3.8) is 0 Å². The molecule has 4 heteroatoms. The van der Waals surface area contributed by atoms with Crippen LogP contribution in [0.15, 0.2) is 11.6 Å². The average Bonchev–Trinajstić information content (AvgIpc) is 2.53. The summed E-state index contributed by atoms with van der Waals surface area (Å²) in [6.45, 7) is 0.769. The molecule has 0 aliphatic rings. The van der Waals surface area contributed by atoms with Gasteiger partial charge in [0, 0.05) is 29.9 Å². The van der Waals surface area contributed by atoms with Crippen LogP contribution in [0.1, 0.15) is 11.4 Å². The molecular weight excluding hydrogens is 238 g/mol. The van der Waals surface area contributed by atoms with Crippen molar-refractivity contribution >= 4 is 27.3 Å². The number of aromatic nitrogens is 1. The minimum Gasteiger partial charge on any atom is -0.384 e. The first-order chi connectivity index (χ1) is 5.83. The molecule has 0 N–H and O–H groups in total. The van der Waals surface area contributed by atoms with Crippen molar-refractivity contribution in [3.05, 3.63) is 16.6 Å². The molecule has 0 bridgehead atoms. The maximum atomic E-state index is 5.01. The van der Waals surface area contributed by atoms with Gasteiger partial charge >= 0.3 is 0 Å². The zero-order chi connectivity index (χ0) is 8.81. The first-order valence-electron chi connectivity index (χ1n) is 3.84. The van der Waals surface area contributed by atoms with Gasteiger partial charge < -0.3 is 4.74 Å². The van der Waals surface area contributed by atoms with Gasteiger partial charge in [-0.05, 0) is 6.42 Å². The first kappa shape index (κ1) is 10.2. The van der Waals surface area contributed by atoms with Crippen LogP contribution in [-0.4, -0.2) is 23.5 Å². The van der Waals surface area contributed by atoms with Crippen LogP contribution in [0.5, 0.6) is 0 Å². The second-order valence-electron chi connectivity index (χ2n) is 2.52. The van der Waals surface area contributed by atoms with Gasteiger partial charge in [-0.15, -0.1) is 11.3 Å². The summed E-state index contributed by atoms with van der Waals surface area (Å²) in [5.74, 6) is 0. The molecule has 0 spiro atoms. The first-order valence-corrected chi connectivity index (χ1v) is 5.64. The highest BCUT2D eigenvalue weighted by atomic mass is 79.9. The van der Waals surface area contributed by atoms with E-state index in [-0.39, 0.29) is 0 Å².